The number of para-hydroxylation sites is 2. The van der Waals surface area contributed by atoms with E-state index in [1.165, 1.54) is 0 Å². The highest BCUT2D eigenvalue weighted by atomic mass is 35.5. The van der Waals surface area contributed by atoms with Crippen molar-refractivity contribution in [2.24, 2.45) is 0 Å². The molecule has 0 amide bonds. The summed E-state index contributed by atoms with van der Waals surface area (Å²) in [5, 5.41) is 25.5. The molecule has 0 radical (unpaired) electrons. The van der Waals surface area contributed by atoms with Gasteiger partial charge in [0.05, 0.1) is 34.0 Å². The average Bonchev–Trinajstić information content (AvgIpc) is 3.41. The molecular formula is C25H15ClN4S2. The third kappa shape index (κ3) is 2.90. The Hall–Kier alpha value is -3.11. The second-order valence-electron chi connectivity index (χ2n) is 7.54. The zero-order valence-corrected chi connectivity index (χ0v) is 19.0. The van der Waals surface area contributed by atoms with E-state index in [0.717, 1.165) is 42.4 Å². The number of benzene rings is 3. The normalized spacial score (nSPS) is 21.1. The number of thioether (sulfide) groups is 2. The van der Waals surface area contributed by atoms with Crippen LogP contribution in [0.5, 0.6) is 0 Å². The summed E-state index contributed by atoms with van der Waals surface area (Å²) in [6, 6.07) is 26.2. The Morgan fingerprint density at radius 3 is 2.41 bits per heavy atom. The van der Waals surface area contributed by atoms with Gasteiger partial charge in [0, 0.05) is 20.4 Å². The Balaban J connectivity index is 1.61. The van der Waals surface area contributed by atoms with Gasteiger partial charge in [0.25, 0.3) is 0 Å². The topological polar surface area (TPSA) is 62.9 Å². The van der Waals surface area contributed by atoms with Gasteiger partial charge in [-0.05, 0) is 42.0 Å². The minimum Gasteiger partial charge on any atom is -0.349 e. The highest BCUT2D eigenvalue weighted by Crippen LogP contribution is 2.56. The first-order valence-corrected chi connectivity index (χ1v) is 12.0. The monoisotopic (exact) mass is 470 g/mol. The Labute approximate surface area is 199 Å². The van der Waals surface area contributed by atoms with Gasteiger partial charge in [0.2, 0.25) is 0 Å². The van der Waals surface area contributed by atoms with E-state index in [9.17, 15) is 10.7 Å². The summed E-state index contributed by atoms with van der Waals surface area (Å²) < 4.78 is 0. The van der Waals surface area contributed by atoms with E-state index in [1.807, 2.05) is 71.6 Å². The number of nitrogens with one attached hydrogen (secondary N) is 2. The first-order chi connectivity index (χ1) is 15.7. The second kappa shape index (κ2) is 7.49. The van der Waals surface area contributed by atoms with Gasteiger partial charge in [-0.25, -0.2) is 0 Å². The number of hydrogen-bond donors (Lipinski definition) is 2. The molecule has 0 spiro atoms. The molecule has 3 aromatic carbocycles. The summed E-state index contributed by atoms with van der Waals surface area (Å²) >= 11 is 9.33. The first kappa shape index (κ1) is 19.6. The zero-order valence-electron chi connectivity index (χ0n) is 16.6. The summed E-state index contributed by atoms with van der Waals surface area (Å²) in [4.78, 5) is 4.08. The summed E-state index contributed by atoms with van der Waals surface area (Å²) in [5.41, 5.74) is 4.35. The van der Waals surface area contributed by atoms with Crippen molar-refractivity contribution in [3.05, 3.63) is 105 Å². The van der Waals surface area contributed by atoms with E-state index in [2.05, 4.69) is 17.5 Å². The largest absolute Gasteiger partial charge is 0.349 e. The standard InChI is InChI=1S/C25H15ClN4S2/c26-15-11-9-14(10-12-15)21-16(13-27)25-30(18-6-2-4-8-20(18)32-25)23(28)22(21)24-29-17-5-1-3-7-19(17)31-24/h1-12,21,28-29H. The van der Waals surface area contributed by atoms with Crippen LogP contribution in [0.25, 0.3) is 0 Å². The molecule has 2 N–H and O–H groups in total. The predicted molar refractivity (Wildman–Crippen MR) is 132 cm³/mol. The number of amidine groups is 1. The summed E-state index contributed by atoms with van der Waals surface area (Å²) in [5.74, 6) is 0.0290. The van der Waals surface area contributed by atoms with Crippen molar-refractivity contribution >= 4 is 52.3 Å². The number of nitriles is 1. The second-order valence-corrected chi connectivity index (χ2v) is 10.1. The average molecular weight is 471 g/mol. The lowest BCUT2D eigenvalue weighted by Gasteiger charge is -2.35. The van der Waals surface area contributed by atoms with Gasteiger partial charge in [-0.3, -0.25) is 10.3 Å². The predicted octanol–water partition coefficient (Wildman–Crippen LogP) is 7.19. The molecule has 7 heteroatoms. The molecule has 1 atom stereocenters. The molecule has 32 heavy (non-hydrogen) atoms. The number of hydrogen-bond acceptors (Lipinski definition) is 5. The van der Waals surface area contributed by atoms with Crippen molar-refractivity contribution in [3.8, 4) is 6.07 Å². The van der Waals surface area contributed by atoms with E-state index in [-0.39, 0.29) is 5.92 Å². The molecule has 0 aliphatic carbocycles. The summed E-state index contributed by atoms with van der Waals surface area (Å²) in [6.07, 6.45) is 0. The van der Waals surface area contributed by atoms with Crippen LogP contribution in [0.4, 0.5) is 11.4 Å². The molecule has 3 aliphatic rings. The van der Waals surface area contributed by atoms with Gasteiger partial charge in [-0.2, -0.15) is 5.26 Å². The highest BCUT2D eigenvalue weighted by Gasteiger charge is 2.44. The smallest absolute Gasteiger partial charge is 0.137 e. The highest BCUT2D eigenvalue weighted by molar-refractivity contribution is 8.04. The van der Waals surface area contributed by atoms with Crippen LogP contribution >= 0.6 is 35.1 Å². The fraction of sp³-hybridized carbons (Fsp3) is 0.0400. The molecule has 4 nitrogen and oxygen atoms in total. The van der Waals surface area contributed by atoms with Crippen LogP contribution in [0.3, 0.4) is 0 Å². The molecule has 0 saturated carbocycles. The van der Waals surface area contributed by atoms with E-state index in [4.69, 9.17) is 11.6 Å². The Bertz CT molecular complexity index is 1370. The van der Waals surface area contributed by atoms with Crippen molar-refractivity contribution in [1.82, 2.24) is 0 Å². The molecule has 3 heterocycles. The fourth-order valence-electron chi connectivity index (χ4n) is 4.29. The summed E-state index contributed by atoms with van der Waals surface area (Å²) in [6.45, 7) is 0. The van der Waals surface area contributed by atoms with Gasteiger partial charge < -0.3 is 5.32 Å². The lowest BCUT2D eigenvalue weighted by molar-refractivity contribution is 0.940. The molecular weight excluding hydrogens is 456 g/mol. The van der Waals surface area contributed by atoms with E-state index < -0.39 is 0 Å². The Morgan fingerprint density at radius 1 is 0.938 bits per heavy atom. The molecule has 0 bridgehead atoms. The molecule has 0 fully saturated rings. The van der Waals surface area contributed by atoms with Gasteiger partial charge in [0.15, 0.2) is 0 Å². The SMILES string of the molecule is N#CC1=C2Sc3ccccc3N2C(=N)C(=C2Nc3ccccc3S2)C1c1ccc(Cl)cc1. The maximum atomic E-state index is 10.3. The summed E-state index contributed by atoms with van der Waals surface area (Å²) in [7, 11) is 0. The number of halogens is 1. The maximum Gasteiger partial charge on any atom is 0.137 e. The van der Waals surface area contributed by atoms with Gasteiger partial charge in [0.1, 0.15) is 10.9 Å². The minimum atomic E-state index is -0.359. The van der Waals surface area contributed by atoms with Crippen molar-refractivity contribution < 1.29 is 0 Å². The molecule has 3 aromatic rings. The molecule has 0 aromatic heterocycles. The van der Waals surface area contributed by atoms with Crippen LogP contribution in [0, 0.1) is 16.7 Å². The molecule has 3 aliphatic heterocycles. The molecule has 154 valence electrons. The molecule has 6 rings (SSSR count). The third-order valence-electron chi connectivity index (χ3n) is 5.72. The van der Waals surface area contributed by atoms with Gasteiger partial charge in [-0.15, -0.1) is 0 Å². The number of fused-ring (bicyclic) bond motifs is 4. The van der Waals surface area contributed by atoms with Crippen LogP contribution in [0.2, 0.25) is 5.02 Å². The van der Waals surface area contributed by atoms with Crippen molar-refractivity contribution in [2.45, 2.75) is 15.7 Å². The van der Waals surface area contributed by atoms with Gasteiger partial charge in [-0.1, -0.05) is 71.5 Å². The van der Waals surface area contributed by atoms with Gasteiger partial charge >= 0.3 is 0 Å². The zero-order chi connectivity index (χ0) is 21.8. The molecule has 1 unspecified atom stereocenters. The van der Waals surface area contributed by atoms with Crippen LogP contribution in [0.1, 0.15) is 11.5 Å². The minimum absolute atomic E-state index is 0.359. The number of allylic oxidation sites excluding steroid dienone is 1. The van der Waals surface area contributed by atoms with Crippen molar-refractivity contribution in [2.75, 3.05) is 10.2 Å². The van der Waals surface area contributed by atoms with E-state index in [0.29, 0.717) is 16.4 Å². The van der Waals surface area contributed by atoms with E-state index in [1.54, 1.807) is 23.5 Å². The third-order valence-corrected chi connectivity index (χ3v) is 8.23. The Morgan fingerprint density at radius 2 is 1.66 bits per heavy atom. The van der Waals surface area contributed by atoms with Crippen molar-refractivity contribution in [3.63, 3.8) is 0 Å². The van der Waals surface area contributed by atoms with Crippen LogP contribution in [-0.2, 0) is 0 Å². The first-order valence-electron chi connectivity index (χ1n) is 9.99. The van der Waals surface area contributed by atoms with Crippen LogP contribution in [0.15, 0.2) is 104 Å². The maximum absolute atomic E-state index is 10.3. The number of nitrogens with zero attached hydrogens (tertiary/aromatic N) is 2. The lowest BCUT2D eigenvalue weighted by Crippen LogP contribution is -2.37. The van der Waals surface area contributed by atoms with Crippen LogP contribution in [-0.4, -0.2) is 5.84 Å². The number of rotatable bonds is 1. The Kier molecular flexibility index (Phi) is 4.58. The lowest BCUT2D eigenvalue weighted by atomic mass is 9.82. The molecule has 0 saturated heterocycles. The van der Waals surface area contributed by atoms with Crippen molar-refractivity contribution in [1.29, 1.82) is 10.7 Å². The van der Waals surface area contributed by atoms with E-state index >= 15 is 0 Å². The number of anilines is 2. The quantitative estimate of drug-likeness (QED) is 0.394. The fourth-order valence-corrected chi connectivity index (χ4v) is 6.67. The van der Waals surface area contributed by atoms with Crippen LogP contribution < -0.4 is 10.2 Å².